The molecule has 0 bridgehead atoms. The monoisotopic (exact) mass is 856 g/mol. The standard InChI is InChI=1S/C36H74O6P2S6/c1-3-5-7-9-11-13-15-17-19-25-31-45-37-43-39-47-33-27-21-23-29-35-49-41-44(42-50-36-30-24-22-28-34-48-40-43)38-46-32-26-20-18-16-14-12-10-8-6-4-2/h3-36H2,1-2H3. The first-order valence-electron chi connectivity index (χ1n) is 20.2. The lowest BCUT2D eigenvalue weighted by Gasteiger charge is -2.14. The largest absolute Gasteiger partial charge is 0.369 e. The summed E-state index contributed by atoms with van der Waals surface area (Å²) in [4.78, 5) is 0. The summed E-state index contributed by atoms with van der Waals surface area (Å²) in [6, 6.07) is 0. The number of hydrogen-bond donors (Lipinski definition) is 0. The summed E-state index contributed by atoms with van der Waals surface area (Å²) in [5, 5.41) is 0. The third-order valence-corrected chi connectivity index (χ3v) is 16.4. The van der Waals surface area contributed by atoms with E-state index in [0.717, 1.165) is 60.2 Å². The van der Waals surface area contributed by atoms with E-state index in [9.17, 15) is 0 Å². The van der Waals surface area contributed by atoms with Gasteiger partial charge >= 0.3 is 17.2 Å². The van der Waals surface area contributed by atoms with Gasteiger partial charge in [-0.15, -0.1) is 0 Å². The van der Waals surface area contributed by atoms with Crippen LogP contribution >= 0.6 is 89.5 Å². The molecule has 300 valence electrons. The topological polar surface area (TPSA) is 55.4 Å². The molecule has 0 N–H and O–H groups in total. The molecule has 0 aromatic rings. The molecule has 6 nitrogen and oxygen atoms in total. The molecule has 0 radical (unpaired) electrons. The lowest BCUT2D eigenvalue weighted by atomic mass is 10.1. The minimum absolute atomic E-state index is 0.962. The number of unbranched alkanes of at least 4 members (excludes halogenated alkanes) is 18. The fourth-order valence-electron chi connectivity index (χ4n) is 5.20. The lowest BCUT2D eigenvalue weighted by molar-refractivity contribution is 0.464. The molecule has 50 heavy (non-hydrogen) atoms. The summed E-state index contributed by atoms with van der Waals surface area (Å²) in [5.41, 5.74) is 0. The van der Waals surface area contributed by atoms with Crippen molar-refractivity contribution >= 4 is 89.5 Å². The van der Waals surface area contributed by atoms with Crippen molar-refractivity contribution in [3.63, 3.8) is 0 Å². The highest BCUT2D eigenvalue weighted by atomic mass is 32.2. The van der Waals surface area contributed by atoms with Gasteiger partial charge in [0.2, 0.25) is 0 Å². The fraction of sp³-hybridized carbons (Fsp3) is 1.00. The highest BCUT2D eigenvalue weighted by molar-refractivity contribution is 8.04. The first-order valence-corrected chi connectivity index (χ1v) is 27.9. The molecule has 0 aromatic carbocycles. The van der Waals surface area contributed by atoms with E-state index in [0.29, 0.717) is 0 Å². The summed E-state index contributed by atoms with van der Waals surface area (Å²) in [5.74, 6) is 5.86. The summed E-state index contributed by atoms with van der Waals surface area (Å²) in [6.45, 7) is 4.57. The predicted octanol–water partition coefficient (Wildman–Crippen LogP) is 17.4. The van der Waals surface area contributed by atoms with Crippen molar-refractivity contribution in [3.8, 4) is 0 Å². The van der Waals surface area contributed by atoms with Crippen LogP contribution in [0.25, 0.3) is 0 Å². The Balaban J connectivity index is 2.18. The molecule has 0 atom stereocenters. The Morgan fingerprint density at radius 2 is 0.640 bits per heavy atom. The van der Waals surface area contributed by atoms with Crippen LogP contribution in [0.1, 0.15) is 194 Å². The van der Waals surface area contributed by atoms with Crippen molar-refractivity contribution in [2.45, 2.75) is 194 Å². The molecule has 0 aliphatic carbocycles. The number of rotatable bonds is 26. The molecule has 14 heteroatoms. The maximum atomic E-state index is 5.99. The van der Waals surface area contributed by atoms with Crippen LogP contribution < -0.4 is 0 Å². The highest BCUT2D eigenvalue weighted by Crippen LogP contribution is 2.51. The minimum atomic E-state index is -1.33. The smallest absolute Gasteiger partial charge is 0.239 e. The van der Waals surface area contributed by atoms with Gasteiger partial charge in [0.15, 0.2) is 0 Å². The average Bonchev–Trinajstić information content (AvgIpc) is 3.12. The van der Waals surface area contributed by atoms with E-state index in [1.807, 2.05) is 0 Å². The van der Waals surface area contributed by atoms with Gasteiger partial charge in [-0.1, -0.05) is 155 Å². The maximum Gasteiger partial charge on any atom is 0.369 e. The predicted molar refractivity (Wildman–Crippen MR) is 236 cm³/mol. The van der Waals surface area contributed by atoms with Crippen molar-refractivity contribution in [2.75, 3.05) is 34.5 Å². The van der Waals surface area contributed by atoms with Crippen LogP contribution in [0.3, 0.4) is 0 Å². The lowest BCUT2D eigenvalue weighted by Crippen LogP contribution is -1.90. The molecule has 0 amide bonds. The Labute approximate surface area is 339 Å². The molecule has 1 heterocycles. The first-order chi connectivity index (χ1) is 24.9. The van der Waals surface area contributed by atoms with Crippen molar-refractivity contribution in [1.29, 1.82) is 0 Å². The Morgan fingerprint density at radius 3 is 0.920 bits per heavy atom. The van der Waals surface area contributed by atoms with Crippen molar-refractivity contribution in [1.82, 2.24) is 0 Å². The van der Waals surface area contributed by atoms with E-state index < -0.39 is 17.2 Å². The molecule has 1 fully saturated rings. The summed E-state index contributed by atoms with van der Waals surface area (Å²) >= 11 is 9.08. The van der Waals surface area contributed by atoms with Crippen LogP contribution in [0, 0.1) is 0 Å². The minimum Gasteiger partial charge on any atom is -0.239 e. The van der Waals surface area contributed by atoms with E-state index >= 15 is 0 Å². The first kappa shape index (κ1) is 50.7. The second-order valence-electron chi connectivity index (χ2n) is 13.0. The second kappa shape index (κ2) is 44.4. The quantitative estimate of drug-likeness (QED) is 0.0473. The van der Waals surface area contributed by atoms with Gasteiger partial charge in [0, 0.05) is 107 Å². The third kappa shape index (κ3) is 39.0. The van der Waals surface area contributed by atoms with E-state index in [4.69, 9.17) is 23.8 Å². The molecular formula is C36H74O6P2S6. The third-order valence-electron chi connectivity index (χ3n) is 8.25. The highest BCUT2D eigenvalue weighted by Gasteiger charge is 2.17. The van der Waals surface area contributed by atoms with Crippen LogP contribution in [0.4, 0.5) is 0 Å². The van der Waals surface area contributed by atoms with E-state index in [1.54, 1.807) is 0 Å². The Kier molecular flexibility index (Phi) is 45.1. The summed E-state index contributed by atoms with van der Waals surface area (Å²) in [7, 11) is -2.67. The van der Waals surface area contributed by atoms with Crippen molar-refractivity contribution in [3.05, 3.63) is 0 Å². The molecule has 1 aliphatic rings. The van der Waals surface area contributed by atoms with Gasteiger partial charge in [0.25, 0.3) is 0 Å². The fourth-order valence-corrected chi connectivity index (χ4v) is 12.9. The van der Waals surface area contributed by atoms with Crippen LogP contribution in [0.5, 0.6) is 0 Å². The Hall–Kier alpha value is 2.72. The van der Waals surface area contributed by atoms with Gasteiger partial charge < -0.3 is 0 Å². The average molecular weight is 857 g/mol. The van der Waals surface area contributed by atoms with Crippen molar-refractivity contribution in [2.24, 2.45) is 0 Å². The van der Waals surface area contributed by atoms with E-state index in [1.165, 1.54) is 226 Å². The van der Waals surface area contributed by atoms with E-state index in [-0.39, 0.29) is 0 Å². The number of hydrogen-bond acceptors (Lipinski definition) is 12. The SMILES string of the molecule is CCCCCCCCCCCCSOP1OSCCCCCCSOP(OSCCCCCCCCCCCC)OSCCCCCCSO1. The molecule has 1 aliphatic heterocycles. The van der Waals surface area contributed by atoms with Gasteiger partial charge in [-0.3, -0.25) is 0 Å². The molecule has 0 saturated carbocycles. The van der Waals surface area contributed by atoms with E-state index in [2.05, 4.69) is 13.8 Å². The van der Waals surface area contributed by atoms with Crippen LogP contribution in [0.2, 0.25) is 0 Å². The van der Waals surface area contributed by atoms with Crippen LogP contribution in [-0.2, 0) is 23.8 Å². The Bertz CT molecular complexity index is 580. The molecule has 0 aromatic heterocycles. The van der Waals surface area contributed by atoms with Crippen LogP contribution in [-0.4, -0.2) is 34.5 Å². The van der Waals surface area contributed by atoms with Crippen LogP contribution in [0.15, 0.2) is 0 Å². The molecule has 1 saturated heterocycles. The molecular weight excluding hydrogens is 783 g/mol. The molecule has 0 unspecified atom stereocenters. The van der Waals surface area contributed by atoms with Gasteiger partial charge in [0.05, 0.1) is 0 Å². The van der Waals surface area contributed by atoms with Gasteiger partial charge in [-0.05, 0) is 38.5 Å². The Morgan fingerprint density at radius 1 is 0.380 bits per heavy atom. The normalized spacial score (nSPS) is 20.3. The zero-order chi connectivity index (χ0) is 35.7. The molecule has 0 spiro atoms. The summed E-state index contributed by atoms with van der Waals surface area (Å²) in [6.07, 6.45) is 36.4. The second-order valence-corrected chi connectivity index (χ2v) is 21.4. The molecule has 1 rings (SSSR count). The zero-order valence-corrected chi connectivity index (χ0v) is 38.5. The van der Waals surface area contributed by atoms with Gasteiger partial charge in [-0.25, -0.2) is 23.8 Å². The van der Waals surface area contributed by atoms with Gasteiger partial charge in [0.1, 0.15) is 0 Å². The zero-order valence-electron chi connectivity index (χ0n) is 31.8. The maximum absolute atomic E-state index is 5.99. The summed E-state index contributed by atoms with van der Waals surface area (Å²) < 4.78 is 35.9. The van der Waals surface area contributed by atoms with Gasteiger partial charge in [-0.2, -0.15) is 0 Å². The van der Waals surface area contributed by atoms with Crippen molar-refractivity contribution < 1.29 is 23.8 Å².